The van der Waals surface area contributed by atoms with E-state index in [2.05, 4.69) is 32.9 Å². The lowest BCUT2D eigenvalue weighted by Gasteiger charge is -2.11. The zero-order valence-corrected chi connectivity index (χ0v) is 16.8. The molecule has 1 N–H and O–H groups in total. The lowest BCUT2D eigenvalue weighted by Crippen LogP contribution is -1.93. The van der Waals surface area contributed by atoms with E-state index in [4.69, 9.17) is 4.74 Å². The Balaban J connectivity index is 2.13. The van der Waals surface area contributed by atoms with Crippen LogP contribution in [-0.4, -0.2) is 12.2 Å². The number of rotatable bonds is 8. The van der Waals surface area contributed by atoms with Crippen LogP contribution in [0, 0.1) is 0 Å². The molecule has 2 aromatic carbocycles. The van der Waals surface area contributed by atoms with Crippen LogP contribution >= 0.6 is 0 Å². The van der Waals surface area contributed by atoms with Crippen LogP contribution in [0.15, 0.2) is 65.8 Å². The zero-order chi connectivity index (χ0) is 19.6. The van der Waals surface area contributed by atoms with Crippen LogP contribution in [-0.2, 0) is 6.42 Å². The highest BCUT2D eigenvalue weighted by Crippen LogP contribution is 2.31. The van der Waals surface area contributed by atoms with Crippen molar-refractivity contribution in [1.29, 1.82) is 0 Å². The van der Waals surface area contributed by atoms with Gasteiger partial charge < -0.3 is 9.84 Å². The molecule has 2 rings (SSSR count). The average molecular weight is 363 g/mol. The van der Waals surface area contributed by atoms with Crippen LogP contribution in [0.4, 0.5) is 0 Å². The molecule has 2 nitrogen and oxygen atoms in total. The van der Waals surface area contributed by atoms with Gasteiger partial charge in [0.1, 0.15) is 11.5 Å². The van der Waals surface area contributed by atoms with Crippen molar-refractivity contribution in [2.45, 2.75) is 40.0 Å². The second kappa shape index (κ2) is 10.4. The van der Waals surface area contributed by atoms with Crippen LogP contribution < -0.4 is 4.74 Å². The molecule has 142 valence electrons. The standard InChI is InChI=1S/C25H30O2/c1-19(2)9-8-10-20(3)13-16-23-24(26)17-22(18-25(23)27-4)15-14-21-11-6-5-7-12-21/h5-7,9,11-15,17-18,26H,8,10,16H2,1-4H3/b15-14+,20-13+. The fraction of sp³-hybridized carbons (Fsp3) is 0.280. The summed E-state index contributed by atoms with van der Waals surface area (Å²) >= 11 is 0. The fourth-order valence-corrected chi connectivity index (χ4v) is 2.86. The molecule has 0 saturated heterocycles. The highest BCUT2D eigenvalue weighted by atomic mass is 16.5. The number of allylic oxidation sites excluding steroid dienone is 4. The molecule has 0 aliphatic rings. The summed E-state index contributed by atoms with van der Waals surface area (Å²) in [4.78, 5) is 0. The van der Waals surface area contributed by atoms with Gasteiger partial charge in [0.05, 0.1) is 7.11 Å². The number of hydrogen-bond acceptors (Lipinski definition) is 2. The Labute approximate surface area is 163 Å². The first-order chi connectivity index (χ1) is 13.0. The number of phenolic OH excluding ortho intramolecular Hbond substituents is 1. The topological polar surface area (TPSA) is 29.5 Å². The molecule has 0 fully saturated rings. The van der Waals surface area contributed by atoms with Crippen molar-refractivity contribution >= 4 is 12.2 Å². The molecule has 0 heterocycles. The molecule has 0 aliphatic carbocycles. The average Bonchev–Trinajstić information content (AvgIpc) is 2.65. The number of phenols is 1. The number of hydrogen-bond donors (Lipinski definition) is 1. The summed E-state index contributed by atoms with van der Waals surface area (Å²) in [6, 6.07) is 13.9. The van der Waals surface area contributed by atoms with E-state index in [0.29, 0.717) is 6.42 Å². The third-order valence-electron chi connectivity index (χ3n) is 4.44. The van der Waals surface area contributed by atoms with Crippen molar-refractivity contribution in [3.63, 3.8) is 0 Å². The van der Waals surface area contributed by atoms with Crippen LogP contribution in [0.25, 0.3) is 12.2 Å². The van der Waals surface area contributed by atoms with E-state index in [0.717, 1.165) is 35.3 Å². The minimum absolute atomic E-state index is 0.274. The van der Waals surface area contributed by atoms with E-state index in [9.17, 15) is 5.11 Å². The van der Waals surface area contributed by atoms with Gasteiger partial charge in [-0.3, -0.25) is 0 Å². The molecule has 0 radical (unpaired) electrons. The lowest BCUT2D eigenvalue weighted by molar-refractivity contribution is 0.401. The highest BCUT2D eigenvalue weighted by Gasteiger charge is 2.09. The predicted molar refractivity (Wildman–Crippen MR) is 116 cm³/mol. The van der Waals surface area contributed by atoms with E-state index in [1.54, 1.807) is 13.2 Å². The number of methoxy groups -OCH3 is 1. The zero-order valence-electron chi connectivity index (χ0n) is 16.8. The van der Waals surface area contributed by atoms with Crippen LogP contribution in [0.3, 0.4) is 0 Å². The van der Waals surface area contributed by atoms with Crippen molar-refractivity contribution in [2.75, 3.05) is 7.11 Å². The van der Waals surface area contributed by atoms with Gasteiger partial charge >= 0.3 is 0 Å². The first kappa shape index (κ1) is 20.6. The van der Waals surface area contributed by atoms with Gasteiger partial charge in [0.25, 0.3) is 0 Å². The summed E-state index contributed by atoms with van der Waals surface area (Å²) in [7, 11) is 1.65. The second-order valence-corrected chi connectivity index (χ2v) is 7.04. The Morgan fingerprint density at radius 2 is 1.67 bits per heavy atom. The summed E-state index contributed by atoms with van der Waals surface area (Å²) in [5.41, 5.74) is 5.54. The van der Waals surface area contributed by atoms with Crippen molar-refractivity contribution in [3.05, 3.63) is 82.5 Å². The van der Waals surface area contributed by atoms with Gasteiger partial charge in [-0.2, -0.15) is 0 Å². The summed E-state index contributed by atoms with van der Waals surface area (Å²) in [6.07, 6.45) is 11.2. The molecule has 0 saturated carbocycles. The third kappa shape index (κ3) is 6.82. The van der Waals surface area contributed by atoms with Crippen LogP contribution in [0.5, 0.6) is 11.5 Å². The monoisotopic (exact) mass is 362 g/mol. The van der Waals surface area contributed by atoms with E-state index >= 15 is 0 Å². The van der Waals surface area contributed by atoms with E-state index in [1.807, 2.05) is 48.6 Å². The summed E-state index contributed by atoms with van der Waals surface area (Å²) in [5.74, 6) is 0.992. The summed E-state index contributed by atoms with van der Waals surface area (Å²) in [6.45, 7) is 6.38. The number of aromatic hydroxyl groups is 1. The van der Waals surface area contributed by atoms with Crippen LogP contribution in [0.2, 0.25) is 0 Å². The number of benzene rings is 2. The van der Waals surface area contributed by atoms with Crippen molar-refractivity contribution < 1.29 is 9.84 Å². The Hall–Kier alpha value is -2.74. The molecule has 0 unspecified atom stereocenters. The van der Waals surface area contributed by atoms with Gasteiger partial charge in [0.15, 0.2) is 0 Å². The molecule has 0 aliphatic heterocycles. The first-order valence-corrected chi connectivity index (χ1v) is 9.41. The summed E-state index contributed by atoms with van der Waals surface area (Å²) < 4.78 is 5.53. The minimum Gasteiger partial charge on any atom is -0.507 e. The molecular formula is C25H30O2. The van der Waals surface area contributed by atoms with Crippen molar-refractivity contribution in [2.24, 2.45) is 0 Å². The Morgan fingerprint density at radius 1 is 0.963 bits per heavy atom. The molecule has 27 heavy (non-hydrogen) atoms. The van der Waals surface area contributed by atoms with Gasteiger partial charge in [-0.25, -0.2) is 0 Å². The van der Waals surface area contributed by atoms with E-state index < -0.39 is 0 Å². The maximum atomic E-state index is 10.5. The molecule has 0 bridgehead atoms. The minimum atomic E-state index is 0.274. The molecule has 2 aromatic rings. The smallest absolute Gasteiger partial charge is 0.126 e. The molecule has 0 amide bonds. The normalized spacial score (nSPS) is 11.6. The van der Waals surface area contributed by atoms with Gasteiger partial charge in [-0.15, -0.1) is 0 Å². The molecule has 0 aromatic heterocycles. The van der Waals surface area contributed by atoms with Gasteiger partial charge in [-0.05, 0) is 63.3 Å². The van der Waals surface area contributed by atoms with Gasteiger partial charge in [-0.1, -0.05) is 65.8 Å². The van der Waals surface area contributed by atoms with Crippen molar-refractivity contribution in [3.8, 4) is 11.5 Å². The maximum absolute atomic E-state index is 10.5. The molecular weight excluding hydrogens is 332 g/mol. The quantitative estimate of drug-likeness (QED) is 0.413. The van der Waals surface area contributed by atoms with E-state index in [-0.39, 0.29) is 5.75 Å². The van der Waals surface area contributed by atoms with Gasteiger partial charge in [0.2, 0.25) is 0 Å². The Bertz CT molecular complexity index is 823. The predicted octanol–water partition coefficient (Wildman–Crippen LogP) is 6.81. The fourth-order valence-electron chi connectivity index (χ4n) is 2.86. The number of ether oxygens (including phenoxy) is 1. The maximum Gasteiger partial charge on any atom is 0.126 e. The Kier molecular flexibility index (Phi) is 7.94. The molecule has 0 atom stereocenters. The third-order valence-corrected chi connectivity index (χ3v) is 4.44. The highest BCUT2D eigenvalue weighted by molar-refractivity contribution is 5.71. The van der Waals surface area contributed by atoms with Crippen molar-refractivity contribution in [1.82, 2.24) is 0 Å². The lowest BCUT2D eigenvalue weighted by atomic mass is 10.0. The first-order valence-electron chi connectivity index (χ1n) is 9.41. The van der Waals surface area contributed by atoms with Crippen LogP contribution in [0.1, 0.15) is 50.3 Å². The Morgan fingerprint density at radius 3 is 2.33 bits per heavy atom. The van der Waals surface area contributed by atoms with E-state index in [1.165, 1.54) is 11.1 Å². The van der Waals surface area contributed by atoms with Gasteiger partial charge in [0, 0.05) is 5.56 Å². The SMILES string of the molecule is COc1cc(/C=C/c2ccccc2)cc(O)c1C/C=C(\C)CCC=C(C)C. The summed E-state index contributed by atoms with van der Waals surface area (Å²) in [5, 5.41) is 10.5. The second-order valence-electron chi connectivity index (χ2n) is 7.04. The largest absolute Gasteiger partial charge is 0.507 e. The molecule has 2 heteroatoms. The molecule has 0 spiro atoms.